The van der Waals surface area contributed by atoms with E-state index in [1.165, 1.54) is 22.3 Å². The molecule has 0 fully saturated rings. The Labute approximate surface area is 224 Å². The number of pyridine rings is 1. The lowest BCUT2D eigenvalue weighted by molar-refractivity contribution is 0.0222. The molecule has 2 aromatic heterocycles. The van der Waals surface area contributed by atoms with Gasteiger partial charge in [0.1, 0.15) is 34.8 Å². The minimum Gasteiger partial charge on any atom is -0.486 e. The number of carbonyl (C=O) groups is 1. The molecule has 0 radical (unpaired) electrons. The number of nitrogens with zero attached hydrogens (tertiary/aromatic N) is 3. The number of hydrogen-bond acceptors (Lipinski definition) is 6. The molecule has 1 aliphatic carbocycles. The number of benzene rings is 1. The van der Waals surface area contributed by atoms with Crippen molar-refractivity contribution in [1.29, 1.82) is 0 Å². The van der Waals surface area contributed by atoms with E-state index in [9.17, 15) is 14.0 Å². The third-order valence-corrected chi connectivity index (χ3v) is 6.79. The predicted molar refractivity (Wildman–Crippen MR) is 144 cm³/mol. The van der Waals surface area contributed by atoms with Crippen molar-refractivity contribution in [2.45, 2.75) is 52.4 Å². The van der Waals surface area contributed by atoms with Crippen LogP contribution in [0.3, 0.4) is 0 Å². The molecular weight excluding hydrogens is 517 g/mol. The first kappa shape index (κ1) is 26.9. The Morgan fingerprint density at radius 3 is 2.73 bits per heavy atom. The van der Waals surface area contributed by atoms with Gasteiger partial charge in [-0.25, -0.2) is 14.2 Å². The van der Waals surface area contributed by atoms with Gasteiger partial charge in [0.2, 0.25) is 0 Å². The van der Waals surface area contributed by atoms with Crippen LogP contribution in [0.4, 0.5) is 9.18 Å². The number of halogens is 2. The van der Waals surface area contributed by atoms with Crippen LogP contribution in [0.2, 0.25) is 5.15 Å². The van der Waals surface area contributed by atoms with Gasteiger partial charge in [0.25, 0.3) is 5.56 Å². The molecule has 3 aromatic rings. The van der Waals surface area contributed by atoms with Crippen molar-refractivity contribution in [2.75, 3.05) is 13.2 Å². The highest BCUT2D eigenvalue weighted by Gasteiger charge is 2.23. The maximum atomic E-state index is 13.1. The molecule has 7 nitrogen and oxygen atoms in total. The molecule has 1 aliphatic rings. The average molecular weight is 546 g/mol. The van der Waals surface area contributed by atoms with Crippen LogP contribution >= 0.6 is 22.9 Å². The SMILES string of the molecule is CC(C)(C)OC(=O)N(CCF)Cc1ccc2c(c1)CCC(n1ccc(OCc3nc(Cl)cs3)cc1=O)=C2. The smallest absolute Gasteiger partial charge is 0.410 e. The van der Waals surface area contributed by atoms with Gasteiger partial charge in [-0.1, -0.05) is 29.8 Å². The zero-order valence-corrected chi connectivity index (χ0v) is 22.6. The molecule has 196 valence electrons. The summed E-state index contributed by atoms with van der Waals surface area (Å²) in [5.74, 6) is 0.469. The van der Waals surface area contributed by atoms with Crippen LogP contribution in [0.25, 0.3) is 11.8 Å². The Morgan fingerprint density at radius 2 is 2.05 bits per heavy atom. The molecule has 0 atom stereocenters. The highest BCUT2D eigenvalue weighted by Crippen LogP contribution is 2.28. The number of alkyl halides is 1. The molecule has 0 spiro atoms. The molecule has 0 N–H and O–H groups in total. The van der Waals surface area contributed by atoms with Crippen molar-refractivity contribution in [3.8, 4) is 5.75 Å². The van der Waals surface area contributed by atoms with Gasteiger partial charge in [-0.3, -0.25) is 9.36 Å². The monoisotopic (exact) mass is 545 g/mol. The third kappa shape index (κ3) is 7.20. The summed E-state index contributed by atoms with van der Waals surface area (Å²) in [4.78, 5) is 30.8. The Morgan fingerprint density at radius 1 is 1.24 bits per heavy atom. The van der Waals surface area contributed by atoms with Crippen LogP contribution in [0, 0.1) is 0 Å². The summed E-state index contributed by atoms with van der Waals surface area (Å²) in [5, 5.41) is 2.89. The molecule has 1 aromatic carbocycles. The fraction of sp³-hybridized carbons (Fsp3) is 0.370. The molecule has 1 amide bonds. The van der Waals surface area contributed by atoms with Crippen molar-refractivity contribution in [1.82, 2.24) is 14.5 Å². The first-order chi connectivity index (χ1) is 17.6. The van der Waals surface area contributed by atoms with Gasteiger partial charge in [0.05, 0.1) is 6.54 Å². The highest BCUT2D eigenvalue weighted by atomic mass is 35.5. The maximum absolute atomic E-state index is 13.1. The normalized spacial score (nSPS) is 13.1. The van der Waals surface area contributed by atoms with Gasteiger partial charge in [0.15, 0.2) is 0 Å². The van der Waals surface area contributed by atoms with E-state index < -0.39 is 18.4 Å². The quantitative estimate of drug-likeness (QED) is 0.337. The van der Waals surface area contributed by atoms with Gasteiger partial charge in [0, 0.05) is 29.9 Å². The first-order valence-corrected chi connectivity index (χ1v) is 13.2. The summed E-state index contributed by atoms with van der Waals surface area (Å²) in [6.07, 6.45) is 4.59. The minimum atomic E-state index is -0.652. The van der Waals surface area contributed by atoms with Gasteiger partial charge in [-0.2, -0.15) is 0 Å². The first-order valence-electron chi connectivity index (χ1n) is 11.9. The van der Waals surface area contributed by atoms with E-state index in [1.54, 1.807) is 43.0 Å². The van der Waals surface area contributed by atoms with E-state index in [0.29, 0.717) is 17.3 Å². The van der Waals surface area contributed by atoms with Crippen molar-refractivity contribution in [2.24, 2.45) is 0 Å². The Hall–Kier alpha value is -3.17. The number of aryl methyl sites for hydroxylation is 1. The second-order valence-corrected chi connectivity index (χ2v) is 11.0. The van der Waals surface area contributed by atoms with Gasteiger partial charge < -0.3 is 14.4 Å². The van der Waals surface area contributed by atoms with E-state index in [0.717, 1.165) is 33.8 Å². The van der Waals surface area contributed by atoms with E-state index in [-0.39, 0.29) is 25.3 Å². The van der Waals surface area contributed by atoms with Crippen molar-refractivity contribution >= 4 is 40.8 Å². The molecule has 0 unspecified atom stereocenters. The summed E-state index contributed by atoms with van der Waals surface area (Å²) < 4.78 is 25.8. The predicted octanol–water partition coefficient (Wildman–Crippen LogP) is 6.19. The summed E-state index contributed by atoms with van der Waals surface area (Å²) in [5.41, 5.74) is 3.07. The number of ether oxygens (including phenoxy) is 2. The third-order valence-electron chi connectivity index (χ3n) is 5.65. The van der Waals surface area contributed by atoms with Gasteiger partial charge in [-0.05, 0) is 62.4 Å². The topological polar surface area (TPSA) is 73.7 Å². The minimum absolute atomic E-state index is 0.0315. The Kier molecular flexibility index (Phi) is 8.34. The highest BCUT2D eigenvalue weighted by molar-refractivity contribution is 7.10. The lowest BCUT2D eigenvalue weighted by Gasteiger charge is -2.27. The second-order valence-electron chi connectivity index (χ2n) is 9.68. The number of thiazole rings is 1. The van der Waals surface area contributed by atoms with Crippen LogP contribution < -0.4 is 10.3 Å². The summed E-state index contributed by atoms with van der Waals surface area (Å²) in [7, 11) is 0. The van der Waals surface area contributed by atoms with E-state index in [1.807, 2.05) is 24.3 Å². The van der Waals surface area contributed by atoms with E-state index in [4.69, 9.17) is 21.1 Å². The summed E-state index contributed by atoms with van der Waals surface area (Å²) in [6.45, 7) is 5.18. The van der Waals surface area contributed by atoms with Crippen LogP contribution in [0.5, 0.6) is 5.75 Å². The fourth-order valence-electron chi connectivity index (χ4n) is 3.99. The van der Waals surface area contributed by atoms with Crippen LogP contribution in [-0.2, 0) is 24.3 Å². The Bertz CT molecular complexity index is 1360. The van der Waals surface area contributed by atoms with Crippen LogP contribution in [0.1, 0.15) is 48.9 Å². The van der Waals surface area contributed by atoms with E-state index in [2.05, 4.69) is 4.98 Å². The molecule has 10 heteroatoms. The Balaban J connectivity index is 1.46. The number of hydrogen-bond donors (Lipinski definition) is 0. The number of aromatic nitrogens is 2. The molecular formula is C27H29ClFN3O4S. The maximum Gasteiger partial charge on any atom is 0.410 e. The standard InChI is InChI=1S/C27H29ClFN3O4S/c1-27(2,3)36-26(34)31(11-9-29)15-18-4-5-20-13-21(7-6-19(20)12-18)32-10-8-22(14-25(32)33)35-16-24-30-23(28)17-37-24/h4-5,8,10,12-14,17H,6-7,9,11,15-16H2,1-3H3. The molecule has 2 heterocycles. The molecule has 0 saturated carbocycles. The van der Waals surface area contributed by atoms with E-state index >= 15 is 0 Å². The molecule has 0 aliphatic heterocycles. The average Bonchev–Trinajstić information content (AvgIpc) is 3.26. The molecule has 37 heavy (non-hydrogen) atoms. The fourth-order valence-corrected chi connectivity index (χ4v) is 4.84. The summed E-state index contributed by atoms with van der Waals surface area (Å²) in [6, 6.07) is 9.13. The number of rotatable bonds is 8. The van der Waals surface area contributed by atoms with Crippen molar-refractivity contribution in [3.05, 3.63) is 79.1 Å². The number of allylic oxidation sites excluding steroid dienone is 1. The largest absolute Gasteiger partial charge is 0.486 e. The van der Waals surface area contributed by atoms with Gasteiger partial charge in [-0.15, -0.1) is 11.3 Å². The summed E-state index contributed by atoms with van der Waals surface area (Å²) >= 11 is 7.24. The lowest BCUT2D eigenvalue weighted by atomic mass is 9.93. The number of fused-ring (bicyclic) bond motifs is 1. The van der Waals surface area contributed by atoms with Crippen LogP contribution in [0.15, 0.2) is 46.7 Å². The zero-order valence-electron chi connectivity index (χ0n) is 21.0. The molecule has 0 bridgehead atoms. The number of amides is 1. The zero-order chi connectivity index (χ0) is 26.6. The van der Waals surface area contributed by atoms with Crippen molar-refractivity contribution < 1.29 is 18.7 Å². The lowest BCUT2D eigenvalue weighted by Crippen LogP contribution is -2.37. The van der Waals surface area contributed by atoms with Crippen molar-refractivity contribution in [3.63, 3.8) is 0 Å². The molecule has 0 saturated heterocycles. The van der Waals surface area contributed by atoms with Gasteiger partial charge >= 0.3 is 6.09 Å². The second kappa shape index (κ2) is 11.5. The van der Waals surface area contributed by atoms with Crippen LogP contribution in [-0.4, -0.2) is 39.4 Å². The molecule has 4 rings (SSSR count). The number of carbonyl (C=O) groups excluding carboxylic acids is 1.